The highest BCUT2D eigenvalue weighted by Crippen LogP contribution is 2.25. The first-order chi connectivity index (χ1) is 12.3. The Morgan fingerprint density at radius 2 is 2.00 bits per heavy atom. The van der Waals surface area contributed by atoms with Crippen LogP contribution in [0.4, 0.5) is 5.13 Å². The van der Waals surface area contributed by atoms with Gasteiger partial charge in [-0.05, 0) is 24.6 Å². The second kappa shape index (κ2) is 8.90. The topological polar surface area (TPSA) is 92.3 Å². The highest BCUT2D eigenvalue weighted by molar-refractivity contribution is 7.89. The maximum absolute atomic E-state index is 12.4. The van der Waals surface area contributed by atoms with Crippen molar-refractivity contribution in [3.63, 3.8) is 0 Å². The van der Waals surface area contributed by atoms with Crippen molar-refractivity contribution in [2.45, 2.75) is 37.5 Å². The van der Waals surface area contributed by atoms with Gasteiger partial charge in [-0.15, -0.1) is 10.2 Å². The predicted molar refractivity (Wildman–Crippen MR) is 103 cm³/mol. The van der Waals surface area contributed by atoms with E-state index in [0.717, 1.165) is 35.0 Å². The quantitative estimate of drug-likeness (QED) is 0.665. The molecular weight excluding hydrogens is 396 g/mol. The van der Waals surface area contributed by atoms with Crippen LogP contribution in [-0.2, 0) is 16.4 Å². The molecule has 0 aliphatic heterocycles. The van der Waals surface area contributed by atoms with E-state index in [-0.39, 0.29) is 15.5 Å². The molecule has 142 valence electrons. The molecule has 26 heavy (non-hydrogen) atoms. The first-order valence-corrected chi connectivity index (χ1v) is 10.7. The summed E-state index contributed by atoms with van der Waals surface area (Å²) in [5.74, 6) is -0.465. The number of hydrogen-bond acceptors (Lipinski definition) is 6. The number of nitrogens with zero attached hydrogens (tertiary/aromatic N) is 3. The Bertz CT molecular complexity index is 881. The Morgan fingerprint density at radius 3 is 2.65 bits per heavy atom. The van der Waals surface area contributed by atoms with Crippen molar-refractivity contribution in [1.29, 1.82) is 0 Å². The summed E-state index contributed by atoms with van der Waals surface area (Å²) < 4.78 is 25.7. The van der Waals surface area contributed by atoms with Crippen LogP contribution in [0.5, 0.6) is 0 Å². The minimum atomic E-state index is -3.75. The van der Waals surface area contributed by atoms with Crippen molar-refractivity contribution in [2.75, 3.05) is 19.4 Å². The zero-order valence-corrected chi connectivity index (χ0v) is 17.2. The zero-order chi connectivity index (χ0) is 19.3. The number of aryl methyl sites for hydroxylation is 1. The molecule has 0 atom stereocenters. The fraction of sp³-hybridized carbons (Fsp3) is 0.438. The molecule has 0 unspecified atom stereocenters. The van der Waals surface area contributed by atoms with Crippen LogP contribution in [-0.4, -0.2) is 42.9 Å². The zero-order valence-electron chi connectivity index (χ0n) is 14.8. The molecule has 0 fully saturated rings. The summed E-state index contributed by atoms with van der Waals surface area (Å²) in [6, 6.07) is 4.12. The molecule has 0 spiro atoms. The number of carbonyl (C=O) groups excluding carboxylic acids is 1. The summed E-state index contributed by atoms with van der Waals surface area (Å²) in [6.45, 7) is 2.13. The van der Waals surface area contributed by atoms with Crippen LogP contribution in [0.2, 0.25) is 5.02 Å². The molecule has 0 bridgehead atoms. The van der Waals surface area contributed by atoms with Crippen molar-refractivity contribution in [3.05, 3.63) is 33.8 Å². The number of carbonyl (C=O) groups is 1. The molecule has 0 saturated carbocycles. The molecule has 1 heterocycles. The number of rotatable bonds is 8. The SMILES string of the molecule is CCCCCc1nnc(NC(=O)c2ccc(Cl)c(S(=O)(=O)N(C)C)c2)s1. The van der Waals surface area contributed by atoms with Gasteiger partial charge in [-0.1, -0.05) is 42.7 Å². The second-order valence-corrected chi connectivity index (χ2v) is 9.43. The van der Waals surface area contributed by atoms with E-state index < -0.39 is 15.9 Å². The van der Waals surface area contributed by atoms with Crippen LogP contribution in [0.15, 0.2) is 23.1 Å². The number of nitrogens with one attached hydrogen (secondary N) is 1. The van der Waals surface area contributed by atoms with Gasteiger partial charge >= 0.3 is 0 Å². The van der Waals surface area contributed by atoms with Gasteiger partial charge in [-0.3, -0.25) is 10.1 Å². The maximum atomic E-state index is 12.4. The van der Waals surface area contributed by atoms with Crippen LogP contribution in [0.1, 0.15) is 41.6 Å². The van der Waals surface area contributed by atoms with Crippen LogP contribution in [0.25, 0.3) is 0 Å². The van der Waals surface area contributed by atoms with Gasteiger partial charge < -0.3 is 0 Å². The largest absolute Gasteiger partial charge is 0.296 e. The molecule has 7 nitrogen and oxygen atoms in total. The number of amides is 1. The number of sulfonamides is 1. The lowest BCUT2D eigenvalue weighted by molar-refractivity contribution is 0.102. The Labute approximate surface area is 162 Å². The maximum Gasteiger partial charge on any atom is 0.257 e. The van der Waals surface area contributed by atoms with E-state index in [0.29, 0.717) is 5.13 Å². The normalized spacial score (nSPS) is 11.7. The van der Waals surface area contributed by atoms with E-state index in [4.69, 9.17) is 11.6 Å². The molecule has 0 saturated heterocycles. The highest BCUT2D eigenvalue weighted by Gasteiger charge is 2.22. The number of halogens is 1. The van der Waals surface area contributed by atoms with E-state index in [1.165, 1.54) is 43.6 Å². The molecule has 2 rings (SSSR count). The average Bonchev–Trinajstić information content (AvgIpc) is 3.02. The van der Waals surface area contributed by atoms with Crippen LogP contribution >= 0.6 is 22.9 Å². The number of hydrogen-bond donors (Lipinski definition) is 1. The van der Waals surface area contributed by atoms with Gasteiger partial charge in [0.2, 0.25) is 15.2 Å². The summed E-state index contributed by atoms with van der Waals surface area (Å²) in [5, 5.41) is 12.0. The number of unbranched alkanes of at least 4 members (excludes halogenated alkanes) is 2. The number of anilines is 1. The summed E-state index contributed by atoms with van der Waals surface area (Å²) >= 11 is 7.31. The summed E-state index contributed by atoms with van der Waals surface area (Å²) in [5.41, 5.74) is 0.178. The van der Waals surface area contributed by atoms with Crippen molar-refractivity contribution in [3.8, 4) is 0 Å². The van der Waals surface area contributed by atoms with E-state index in [9.17, 15) is 13.2 Å². The van der Waals surface area contributed by atoms with Gasteiger partial charge in [0.25, 0.3) is 5.91 Å². The minimum Gasteiger partial charge on any atom is -0.296 e. The fourth-order valence-corrected chi connectivity index (χ4v) is 4.31. The van der Waals surface area contributed by atoms with Gasteiger partial charge in [0.05, 0.1) is 5.02 Å². The molecule has 0 aliphatic rings. The minimum absolute atomic E-state index is 0.0596. The standard InChI is InChI=1S/C16H21ClN4O3S2/c1-4-5-6-7-14-19-20-16(25-14)18-15(22)11-8-9-12(17)13(10-11)26(23,24)21(2)3/h8-10H,4-7H2,1-3H3,(H,18,20,22). The molecule has 2 aromatic rings. The molecule has 0 radical (unpaired) electrons. The first kappa shape index (κ1) is 20.8. The number of aromatic nitrogens is 2. The molecule has 1 aromatic carbocycles. The van der Waals surface area contributed by atoms with Gasteiger partial charge in [0.15, 0.2) is 0 Å². The summed E-state index contributed by atoms with van der Waals surface area (Å²) in [7, 11) is -0.944. The average molecular weight is 417 g/mol. The van der Waals surface area contributed by atoms with Crippen LogP contribution in [0, 0.1) is 0 Å². The lowest BCUT2D eigenvalue weighted by Crippen LogP contribution is -2.23. The van der Waals surface area contributed by atoms with Crippen LogP contribution in [0.3, 0.4) is 0 Å². The van der Waals surface area contributed by atoms with Crippen molar-refractivity contribution >= 4 is 44.0 Å². The lowest BCUT2D eigenvalue weighted by Gasteiger charge is -2.13. The molecular formula is C16H21ClN4O3S2. The Hall–Kier alpha value is -1.55. The Kier molecular flexibility index (Phi) is 7.10. The van der Waals surface area contributed by atoms with Crippen LogP contribution < -0.4 is 5.32 Å². The van der Waals surface area contributed by atoms with E-state index >= 15 is 0 Å². The molecule has 1 aromatic heterocycles. The van der Waals surface area contributed by atoms with Crippen molar-refractivity contribution in [2.24, 2.45) is 0 Å². The predicted octanol–water partition coefficient (Wildman–Crippen LogP) is 3.43. The summed E-state index contributed by atoms with van der Waals surface area (Å²) in [4.78, 5) is 12.3. The smallest absolute Gasteiger partial charge is 0.257 e. The third-order valence-electron chi connectivity index (χ3n) is 3.63. The van der Waals surface area contributed by atoms with Gasteiger partial charge in [-0.25, -0.2) is 12.7 Å². The fourth-order valence-electron chi connectivity index (χ4n) is 2.14. The molecule has 1 N–H and O–H groups in total. The second-order valence-electron chi connectivity index (χ2n) is 5.84. The molecule has 10 heteroatoms. The lowest BCUT2D eigenvalue weighted by atomic mass is 10.2. The molecule has 0 aliphatic carbocycles. The first-order valence-electron chi connectivity index (χ1n) is 8.11. The van der Waals surface area contributed by atoms with Gasteiger partial charge in [-0.2, -0.15) is 0 Å². The Balaban J connectivity index is 2.15. The van der Waals surface area contributed by atoms with E-state index in [2.05, 4.69) is 22.4 Å². The van der Waals surface area contributed by atoms with Gasteiger partial charge in [0, 0.05) is 26.1 Å². The monoisotopic (exact) mass is 416 g/mol. The Morgan fingerprint density at radius 1 is 1.27 bits per heavy atom. The highest BCUT2D eigenvalue weighted by atomic mass is 35.5. The number of benzene rings is 1. The van der Waals surface area contributed by atoms with E-state index in [1.54, 1.807) is 0 Å². The third-order valence-corrected chi connectivity index (χ3v) is 6.83. The van der Waals surface area contributed by atoms with Crippen molar-refractivity contribution in [1.82, 2.24) is 14.5 Å². The summed E-state index contributed by atoms with van der Waals surface area (Å²) in [6.07, 6.45) is 4.10. The van der Waals surface area contributed by atoms with E-state index in [1.807, 2.05) is 0 Å². The van der Waals surface area contributed by atoms with Gasteiger partial charge in [0.1, 0.15) is 9.90 Å². The van der Waals surface area contributed by atoms with Crippen molar-refractivity contribution < 1.29 is 13.2 Å². The third kappa shape index (κ3) is 5.00. The molecule has 1 amide bonds.